The van der Waals surface area contributed by atoms with Crippen molar-refractivity contribution in [3.05, 3.63) is 0 Å². The summed E-state index contributed by atoms with van der Waals surface area (Å²) in [7, 11) is 1.79. The highest BCUT2D eigenvalue weighted by Gasteiger charge is 2.43. The summed E-state index contributed by atoms with van der Waals surface area (Å²) >= 11 is 0. The van der Waals surface area contributed by atoms with Crippen LogP contribution < -0.4 is 0 Å². The molecule has 3 heteroatoms. The summed E-state index contributed by atoms with van der Waals surface area (Å²) in [6, 6.07) is 2.34. The summed E-state index contributed by atoms with van der Waals surface area (Å²) in [5, 5.41) is 0. The fourth-order valence-corrected chi connectivity index (χ4v) is 2.89. The SMILES string of the molecule is COCCN1C[C@@H]2C[C@H]1CN2C(C)C. The first-order chi connectivity index (χ1) is 6.72. The van der Waals surface area contributed by atoms with Crippen LogP contribution in [0.15, 0.2) is 0 Å². The summed E-state index contributed by atoms with van der Waals surface area (Å²) in [5.74, 6) is 0. The van der Waals surface area contributed by atoms with Crippen molar-refractivity contribution in [2.24, 2.45) is 0 Å². The van der Waals surface area contributed by atoms with Crippen molar-refractivity contribution < 1.29 is 4.74 Å². The molecule has 2 saturated heterocycles. The smallest absolute Gasteiger partial charge is 0.0589 e. The number of hydrogen-bond donors (Lipinski definition) is 0. The van der Waals surface area contributed by atoms with E-state index in [1.807, 2.05) is 0 Å². The third-order valence-electron chi connectivity index (χ3n) is 3.64. The standard InChI is InChI=1S/C11H22N2O/c1-9(2)13-8-10-6-11(13)7-12(10)4-5-14-3/h9-11H,4-8H2,1-3H3/t10-,11-/m0/s1. The Morgan fingerprint density at radius 3 is 2.57 bits per heavy atom. The molecular formula is C11H22N2O. The number of piperazine rings is 1. The Balaban J connectivity index is 1.84. The van der Waals surface area contributed by atoms with Gasteiger partial charge in [0.15, 0.2) is 0 Å². The van der Waals surface area contributed by atoms with Gasteiger partial charge in [-0.3, -0.25) is 9.80 Å². The van der Waals surface area contributed by atoms with Gasteiger partial charge in [-0.05, 0) is 20.3 Å². The van der Waals surface area contributed by atoms with Gasteiger partial charge in [0.2, 0.25) is 0 Å². The fourth-order valence-electron chi connectivity index (χ4n) is 2.89. The van der Waals surface area contributed by atoms with E-state index >= 15 is 0 Å². The van der Waals surface area contributed by atoms with Gasteiger partial charge in [0.05, 0.1) is 6.61 Å². The van der Waals surface area contributed by atoms with Crippen molar-refractivity contribution in [2.75, 3.05) is 33.4 Å². The second-order valence-electron chi connectivity index (χ2n) is 4.82. The maximum Gasteiger partial charge on any atom is 0.0589 e. The van der Waals surface area contributed by atoms with Crippen molar-refractivity contribution in [3.8, 4) is 0 Å². The molecule has 0 aromatic heterocycles. The molecule has 2 fully saturated rings. The molecule has 3 nitrogen and oxygen atoms in total. The van der Waals surface area contributed by atoms with Gasteiger partial charge in [0.1, 0.15) is 0 Å². The quantitative estimate of drug-likeness (QED) is 0.664. The average molecular weight is 198 g/mol. The number of likely N-dealkylation sites (tertiary alicyclic amines) is 2. The lowest BCUT2D eigenvalue weighted by Gasteiger charge is -2.36. The zero-order valence-electron chi connectivity index (χ0n) is 9.57. The van der Waals surface area contributed by atoms with Crippen LogP contribution in [0.1, 0.15) is 20.3 Å². The van der Waals surface area contributed by atoms with Crippen LogP contribution >= 0.6 is 0 Å². The van der Waals surface area contributed by atoms with Crippen LogP contribution in [-0.2, 0) is 4.74 Å². The van der Waals surface area contributed by atoms with E-state index in [-0.39, 0.29) is 0 Å². The topological polar surface area (TPSA) is 15.7 Å². The van der Waals surface area contributed by atoms with E-state index in [1.165, 1.54) is 19.5 Å². The highest BCUT2D eigenvalue weighted by molar-refractivity contribution is 5.00. The molecule has 0 amide bonds. The minimum absolute atomic E-state index is 0.717. The van der Waals surface area contributed by atoms with E-state index < -0.39 is 0 Å². The van der Waals surface area contributed by atoms with E-state index in [0.717, 1.165) is 31.3 Å². The lowest BCUT2D eigenvalue weighted by Crippen LogP contribution is -2.49. The number of nitrogens with zero attached hydrogens (tertiary/aromatic N) is 2. The lowest BCUT2D eigenvalue weighted by atomic mass is 10.2. The zero-order chi connectivity index (χ0) is 10.1. The van der Waals surface area contributed by atoms with Gasteiger partial charge in [0, 0.05) is 44.9 Å². The second-order valence-corrected chi connectivity index (χ2v) is 4.82. The normalized spacial score (nSPS) is 33.4. The van der Waals surface area contributed by atoms with Gasteiger partial charge in [0.25, 0.3) is 0 Å². The molecule has 0 N–H and O–H groups in total. The maximum atomic E-state index is 5.13. The Bertz CT molecular complexity index is 196. The molecule has 0 aliphatic carbocycles. The van der Waals surface area contributed by atoms with Crippen molar-refractivity contribution in [2.45, 2.75) is 38.4 Å². The predicted molar refractivity (Wildman–Crippen MR) is 57.5 cm³/mol. The van der Waals surface area contributed by atoms with Crippen LogP contribution in [0.4, 0.5) is 0 Å². The highest BCUT2D eigenvalue weighted by Crippen LogP contribution is 2.31. The summed E-state index contributed by atoms with van der Waals surface area (Å²) in [6.45, 7) is 9.13. The first kappa shape index (κ1) is 10.4. The Morgan fingerprint density at radius 1 is 1.29 bits per heavy atom. The fraction of sp³-hybridized carbons (Fsp3) is 1.00. The molecular weight excluding hydrogens is 176 g/mol. The van der Waals surface area contributed by atoms with Gasteiger partial charge in [-0.15, -0.1) is 0 Å². The molecule has 82 valence electrons. The van der Waals surface area contributed by atoms with E-state index in [2.05, 4.69) is 23.6 Å². The van der Waals surface area contributed by atoms with Crippen LogP contribution in [0, 0.1) is 0 Å². The van der Waals surface area contributed by atoms with E-state index in [1.54, 1.807) is 7.11 Å². The maximum absolute atomic E-state index is 5.13. The van der Waals surface area contributed by atoms with Crippen LogP contribution in [0.5, 0.6) is 0 Å². The monoisotopic (exact) mass is 198 g/mol. The summed E-state index contributed by atoms with van der Waals surface area (Å²) < 4.78 is 5.13. The molecule has 0 aromatic carbocycles. The summed E-state index contributed by atoms with van der Waals surface area (Å²) in [5.41, 5.74) is 0. The van der Waals surface area contributed by atoms with Gasteiger partial charge < -0.3 is 4.74 Å². The minimum Gasteiger partial charge on any atom is -0.383 e. The Kier molecular flexibility index (Phi) is 3.10. The lowest BCUT2D eigenvalue weighted by molar-refractivity contribution is 0.0798. The van der Waals surface area contributed by atoms with Gasteiger partial charge in [-0.2, -0.15) is 0 Å². The molecule has 0 radical (unpaired) electrons. The van der Waals surface area contributed by atoms with Crippen molar-refractivity contribution >= 4 is 0 Å². The molecule has 2 heterocycles. The molecule has 2 aliphatic heterocycles. The molecule has 0 spiro atoms. The highest BCUT2D eigenvalue weighted by atomic mass is 16.5. The number of ether oxygens (including phenoxy) is 1. The molecule has 0 unspecified atom stereocenters. The van der Waals surface area contributed by atoms with Crippen molar-refractivity contribution in [1.29, 1.82) is 0 Å². The van der Waals surface area contributed by atoms with Crippen LogP contribution in [0.2, 0.25) is 0 Å². The van der Waals surface area contributed by atoms with Crippen molar-refractivity contribution in [3.63, 3.8) is 0 Å². The zero-order valence-corrected chi connectivity index (χ0v) is 9.57. The van der Waals surface area contributed by atoms with E-state index in [0.29, 0.717) is 0 Å². The van der Waals surface area contributed by atoms with Crippen LogP contribution in [0.25, 0.3) is 0 Å². The van der Waals surface area contributed by atoms with E-state index in [9.17, 15) is 0 Å². The molecule has 2 bridgehead atoms. The Labute approximate surface area is 87.0 Å². The van der Waals surface area contributed by atoms with Crippen molar-refractivity contribution in [1.82, 2.24) is 9.80 Å². The molecule has 14 heavy (non-hydrogen) atoms. The van der Waals surface area contributed by atoms with Crippen LogP contribution in [-0.4, -0.2) is 61.3 Å². The predicted octanol–water partition coefficient (Wildman–Crippen LogP) is 0.800. The summed E-state index contributed by atoms with van der Waals surface area (Å²) in [4.78, 5) is 5.24. The second kappa shape index (κ2) is 4.17. The third-order valence-corrected chi connectivity index (χ3v) is 3.64. The third kappa shape index (κ3) is 1.81. The number of rotatable bonds is 4. The van der Waals surface area contributed by atoms with Gasteiger partial charge in [-0.1, -0.05) is 0 Å². The molecule has 0 saturated carbocycles. The molecule has 0 aromatic rings. The summed E-state index contributed by atoms with van der Waals surface area (Å²) in [6.07, 6.45) is 1.38. The minimum atomic E-state index is 0.717. The number of fused-ring (bicyclic) bond motifs is 2. The van der Waals surface area contributed by atoms with Gasteiger partial charge in [-0.25, -0.2) is 0 Å². The average Bonchev–Trinajstić information content (AvgIpc) is 2.72. The first-order valence-corrected chi connectivity index (χ1v) is 5.71. The molecule has 2 rings (SSSR count). The number of methoxy groups -OCH3 is 1. The molecule has 2 aliphatic rings. The van der Waals surface area contributed by atoms with Gasteiger partial charge >= 0.3 is 0 Å². The van der Waals surface area contributed by atoms with Crippen LogP contribution in [0.3, 0.4) is 0 Å². The van der Waals surface area contributed by atoms with E-state index in [4.69, 9.17) is 4.74 Å². The Hall–Kier alpha value is -0.120. The number of hydrogen-bond acceptors (Lipinski definition) is 3. The molecule has 2 atom stereocenters. The largest absolute Gasteiger partial charge is 0.383 e. The first-order valence-electron chi connectivity index (χ1n) is 5.71. The Morgan fingerprint density at radius 2 is 2.07 bits per heavy atom.